The number of likely N-dealkylation sites (tertiary alicyclic amines) is 1. The number of ether oxygens (including phenoxy) is 3. The number of carbonyl (C=O) groups is 4. The van der Waals surface area contributed by atoms with Gasteiger partial charge in [-0.05, 0) is 101 Å². The van der Waals surface area contributed by atoms with Crippen molar-refractivity contribution in [1.82, 2.24) is 10.2 Å². The van der Waals surface area contributed by atoms with Crippen LogP contribution in [0.5, 0.6) is 0 Å². The Hall–Kier alpha value is -6.21. The lowest BCUT2D eigenvalue weighted by molar-refractivity contribution is -0.161. The summed E-state index contributed by atoms with van der Waals surface area (Å²) in [4.78, 5) is 58.3. The van der Waals surface area contributed by atoms with Crippen LogP contribution in [0.1, 0.15) is 122 Å². The van der Waals surface area contributed by atoms with E-state index < -0.39 is 66.7 Å². The Morgan fingerprint density at radius 3 is 1.77 bits per heavy atom. The number of amides is 2. The first-order valence-electron chi connectivity index (χ1n) is 28.1. The molecule has 0 radical (unpaired) electrons. The van der Waals surface area contributed by atoms with Crippen LogP contribution in [0.25, 0.3) is 11.1 Å². The van der Waals surface area contributed by atoms with Crippen LogP contribution in [0.15, 0.2) is 164 Å². The van der Waals surface area contributed by atoms with E-state index >= 15 is 4.79 Å². The van der Waals surface area contributed by atoms with E-state index in [1.165, 1.54) is 6.08 Å². The summed E-state index contributed by atoms with van der Waals surface area (Å²) >= 11 is 1.70. The van der Waals surface area contributed by atoms with Gasteiger partial charge in [0.15, 0.2) is 8.32 Å². The van der Waals surface area contributed by atoms with E-state index in [0.717, 1.165) is 38.9 Å². The summed E-state index contributed by atoms with van der Waals surface area (Å²) in [5, 5.41) is 3.23. The van der Waals surface area contributed by atoms with E-state index in [-0.39, 0.29) is 36.0 Å². The molecule has 1 fully saturated rings. The zero-order valence-electron chi connectivity index (χ0n) is 48.5. The molecule has 0 spiro atoms. The number of fused-ring (bicyclic) bond motifs is 3. The highest BCUT2D eigenvalue weighted by Crippen LogP contribution is 2.49. The van der Waals surface area contributed by atoms with Crippen molar-refractivity contribution < 1.29 is 37.8 Å². The number of nitrogens with one attached hydrogen (secondary N) is 1. The molecule has 420 valence electrons. The van der Waals surface area contributed by atoms with E-state index in [4.69, 9.17) is 18.6 Å². The first-order valence-corrected chi connectivity index (χ1v) is 32.0. The highest BCUT2D eigenvalue weighted by atomic mass is 32.2. The van der Waals surface area contributed by atoms with E-state index in [1.807, 2.05) is 91.9 Å². The van der Waals surface area contributed by atoms with Crippen LogP contribution in [0, 0.1) is 17.3 Å². The molecule has 0 saturated carbocycles. The Labute approximate surface area is 476 Å². The van der Waals surface area contributed by atoms with Gasteiger partial charge < -0.3 is 24.0 Å². The van der Waals surface area contributed by atoms with Gasteiger partial charge in [0.2, 0.25) is 5.91 Å². The van der Waals surface area contributed by atoms with E-state index in [9.17, 15) is 14.4 Å². The molecule has 0 bridgehead atoms. The molecule has 1 aliphatic carbocycles. The lowest BCUT2D eigenvalue weighted by atomic mass is 9.81. The molecule has 1 aliphatic heterocycles. The number of benzene rings is 5. The number of nitrogens with zero attached hydrogens (tertiary/aromatic N) is 1. The molecule has 1 heterocycles. The van der Waals surface area contributed by atoms with Crippen LogP contribution >= 0.6 is 11.8 Å². The van der Waals surface area contributed by atoms with Crippen LogP contribution in [0.3, 0.4) is 0 Å². The van der Waals surface area contributed by atoms with Gasteiger partial charge in [-0.1, -0.05) is 214 Å². The normalized spacial score (nSPS) is 16.9. The molecule has 12 heteroatoms. The summed E-state index contributed by atoms with van der Waals surface area (Å²) in [5.74, 6) is -1.50. The minimum absolute atomic E-state index is 0.0554. The molecule has 0 unspecified atom stereocenters. The SMILES string of the molecule is C=CCOC(=O)/C(C)=C/[C@@H](CSC(c1ccccc1)(c1ccccc1)c1ccccc1)NC(=O)[C@@H](C)[C@H](C[C@H](C)C[C@H](OC(=O)[C@@H]1CCCN1C(=O)OCC1c2ccccc2-c2ccccc21)C(C)(C)C)O[Si](C)(C)C(C)(C)C. The maximum atomic E-state index is 15.1. The average molecular weight is 1110 g/mol. The van der Waals surface area contributed by atoms with Gasteiger partial charge in [0.25, 0.3) is 0 Å². The highest BCUT2D eigenvalue weighted by Gasteiger charge is 2.44. The number of esters is 2. The second kappa shape index (κ2) is 26.4. The standard InChI is InChI=1S/C67H84N2O8SSi/c1-13-40-74-62(71)47(3)43-52(45-78-67(49-28-17-14-18-29-49,50-30-19-15-20-31-50)51-32-21-16-22-33-51)68-61(70)48(4)59(77-79(11,12)66(8,9)10)41-46(2)42-60(65(5,6)7)76-63(72)58-38-27-39-69(58)64(73)75-44-57-55-36-25-23-34-53(55)54-35-24-26-37-56(54)57/h13-26,28-37,43,46,48,52,57-60H,1,27,38-42,44-45H2,2-12H3,(H,68,70)/b47-43+/t46-,48-,52-,58-,59-,60-/m0/s1. The highest BCUT2D eigenvalue weighted by molar-refractivity contribution is 8.00. The Bertz CT molecular complexity index is 2750. The molecule has 1 saturated heterocycles. The van der Waals surface area contributed by atoms with E-state index in [1.54, 1.807) is 23.6 Å². The zero-order valence-corrected chi connectivity index (χ0v) is 50.3. The Balaban J connectivity index is 1.10. The number of rotatable bonds is 23. The van der Waals surface area contributed by atoms with Gasteiger partial charge in [0.05, 0.1) is 22.8 Å². The molecule has 1 N–H and O–H groups in total. The predicted molar refractivity (Wildman–Crippen MR) is 322 cm³/mol. The first-order chi connectivity index (χ1) is 37.5. The summed E-state index contributed by atoms with van der Waals surface area (Å²) in [7, 11) is -2.48. The quantitative estimate of drug-likeness (QED) is 0.0170. The summed E-state index contributed by atoms with van der Waals surface area (Å²) in [5.41, 5.74) is 7.70. The van der Waals surface area contributed by atoms with E-state index in [2.05, 4.69) is 134 Å². The topological polar surface area (TPSA) is 120 Å². The van der Waals surface area contributed by atoms with Crippen molar-refractivity contribution >= 4 is 44.0 Å². The molecule has 79 heavy (non-hydrogen) atoms. The minimum Gasteiger partial charge on any atom is -0.460 e. The van der Waals surface area contributed by atoms with Crippen molar-refractivity contribution in [2.45, 2.75) is 141 Å². The van der Waals surface area contributed by atoms with Crippen molar-refractivity contribution in [3.05, 3.63) is 192 Å². The maximum absolute atomic E-state index is 15.1. The summed E-state index contributed by atoms with van der Waals surface area (Å²) in [6, 6.07) is 46.3. The van der Waals surface area contributed by atoms with Crippen molar-refractivity contribution in [3.63, 3.8) is 0 Å². The fraction of sp³-hybridized carbons (Fsp3) is 0.433. The average Bonchev–Trinajstić information content (AvgIpc) is 4.06. The van der Waals surface area contributed by atoms with Crippen molar-refractivity contribution in [2.75, 3.05) is 25.5 Å². The number of hydrogen-bond donors (Lipinski definition) is 1. The van der Waals surface area contributed by atoms with Crippen LogP contribution in [-0.2, 0) is 37.8 Å². The van der Waals surface area contributed by atoms with Crippen molar-refractivity contribution in [2.24, 2.45) is 17.3 Å². The predicted octanol–water partition coefficient (Wildman–Crippen LogP) is 14.7. The molecule has 0 aromatic heterocycles. The van der Waals surface area contributed by atoms with Crippen LogP contribution in [0.2, 0.25) is 18.1 Å². The fourth-order valence-corrected chi connectivity index (χ4v) is 13.6. The molecule has 10 nitrogen and oxygen atoms in total. The number of hydrogen-bond acceptors (Lipinski definition) is 9. The molecular weight excluding hydrogens is 1020 g/mol. The third-order valence-corrected chi connectivity index (χ3v) is 22.4. The van der Waals surface area contributed by atoms with Gasteiger partial charge in [-0.15, -0.1) is 11.8 Å². The third-order valence-electron chi connectivity index (χ3n) is 16.2. The molecule has 7 rings (SSSR count). The molecule has 2 aliphatic rings. The van der Waals surface area contributed by atoms with Crippen LogP contribution < -0.4 is 5.32 Å². The summed E-state index contributed by atoms with van der Waals surface area (Å²) in [6.07, 6.45) is 3.99. The van der Waals surface area contributed by atoms with Gasteiger partial charge in [-0.2, -0.15) is 0 Å². The summed E-state index contributed by atoms with van der Waals surface area (Å²) < 4.78 is 24.6. The molecule has 6 atom stereocenters. The van der Waals surface area contributed by atoms with Gasteiger partial charge in [-0.3, -0.25) is 9.69 Å². The molecule has 5 aromatic rings. The number of thioether (sulfide) groups is 1. The van der Waals surface area contributed by atoms with Gasteiger partial charge in [0, 0.05) is 23.8 Å². The monoisotopic (exact) mass is 1100 g/mol. The van der Waals surface area contributed by atoms with Gasteiger partial charge >= 0.3 is 18.0 Å². The van der Waals surface area contributed by atoms with Crippen LogP contribution in [0.4, 0.5) is 4.79 Å². The van der Waals surface area contributed by atoms with Crippen molar-refractivity contribution in [3.8, 4) is 11.1 Å². The second-order valence-electron chi connectivity index (χ2n) is 24.2. The van der Waals surface area contributed by atoms with Gasteiger partial charge in [-0.25, -0.2) is 14.4 Å². The molecule has 5 aromatic carbocycles. The lowest BCUT2D eigenvalue weighted by Gasteiger charge is -2.42. The van der Waals surface area contributed by atoms with Gasteiger partial charge in [0.1, 0.15) is 25.4 Å². The Morgan fingerprint density at radius 1 is 0.747 bits per heavy atom. The zero-order chi connectivity index (χ0) is 57.1. The minimum atomic E-state index is -2.48. The second-order valence-corrected chi connectivity index (χ2v) is 30.2. The fourth-order valence-electron chi connectivity index (χ4n) is 10.7. The first kappa shape index (κ1) is 60.4. The van der Waals surface area contributed by atoms with E-state index in [0.29, 0.717) is 43.6 Å². The van der Waals surface area contributed by atoms with Crippen molar-refractivity contribution in [1.29, 1.82) is 0 Å². The largest absolute Gasteiger partial charge is 0.460 e. The Morgan fingerprint density at radius 2 is 1.27 bits per heavy atom. The third kappa shape index (κ3) is 14.6. The van der Waals surface area contributed by atoms with Crippen LogP contribution in [-0.4, -0.2) is 87.0 Å². The Kier molecular flexibility index (Phi) is 20.2. The number of carbonyl (C=O) groups excluding carboxylic acids is 4. The molecular formula is C67H84N2O8SSi. The lowest BCUT2D eigenvalue weighted by Crippen LogP contribution is -2.50. The molecule has 2 amide bonds. The summed E-state index contributed by atoms with van der Waals surface area (Å²) in [6.45, 7) is 27.3. The maximum Gasteiger partial charge on any atom is 0.410 e. The smallest absolute Gasteiger partial charge is 0.410 e.